The summed E-state index contributed by atoms with van der Waals surface area (Å²) < 4.78 is 76.9. The van der Waals surface area contributed by atoms with E-state index in [0.717, 1.165) is 12.1 Å². The molecule has 2 N–H and O–H groups in total. The van der Waals surface area contributed by atoms with Gasteiger partial charge < -0.3 is 10.1 Å². The molecule has 1 aromatic carbocycles. The number of H-pyrrole nitrogens is 1. The third kappa shape index (κ3) is 2.17. The molecule has 0 radical (unpaired) electrons. The fourth-order valence-corrected chi connectivity index (χ4v) is 1.98. The average molecular weight is 311 g/mol. The first kappa shape index (κ1) is 15.4. The number of hydrogen-bond acceptors (Lipinski definition) is 2. The Balaban J connectivity index is 2.81. The van der Waals surface area contributed by atoms with Gasteiger partial charge in [0.25, 0.3) is 5.60 Å². The highest BCUT2D eigenvalue weighted by molar-refractivity contribution is 5.90. The van der Waals surface area contributed by atoms with Crippen molar-refractivity contribution >= 4 is 17.2 Å². The minimum Gasteiger partial charge on any atom is -0.369 e. The highest BCUT2D eigenvalue weighted by Gasteiger charge is 2.72. The molecule has 0 spiro atoms. The van der Waals surface area contributed by atoms with Crippen LogP contribution in [-0.4, -0.2) is 28.7 Å². The summed E-state index contributed by atoms with van der Waals surface area (Å²) in [7, 11) is 0. The van der Waals surface area contributed by atoms with Gasteiger partial charge in [-0.1, -0.05) is 0 Å². The summed E-state index contributed by atoms with van der Waals surface area (Å²) >= 11 is 0. The van der Waals surface area contributed by atoms with Crippen LogP contribution in [0.25, 0.3) is 10.9 Å². The Morgan fingerprint density at radius 2 is 1.62 bits per heavy atom. The van der Waals surface area contributed by atoms with Gasteiger partial charge in [-0.3, -0.25) is 4.79 Å². The Hall–Kier alpha value is -2.03. The van der Waals surface area contributed by atoms with Gasteiger partial charge >= 0.3 is 12.4 Å². The highest BCUT2D eigenvalue weighted by Crippen LogP contribution is 2.51. The minimum atomic E-state index is -5.97. The average Bonchev–Trinajstić information content (AvgIpc) is 2.77. The van der Waals surface area contributed by atoms with E-state index in [-0.39, 0.29) is 17.4 Å². The zero-order valence-corrected chi connectivity index (χ0v) is 10.0. The van der Waals surface area contributed by atoms with Crippen LogP contribution in [-0.2, 0) is 5.60 Å². The van der Waals surface area contributed by atoms with Gasteiger partial charge in [0, 0.05) is 28.2 Å². The van der Waals surface area contributed by atoms with Crippen molar-refractivity contribution in [1.29, 1.82) is 0 Å². The maximum atomic E-state index is 12.8. The van der Waals surface area contributed by atoms with Crippen LogP contribution in [0.5, 0.6) is 0 Å². The number of benzene rings is 1. The smallest absolute Gasteiger partial charge is 0.369 e. The van der Waals surface area contributed by atoms with E-state index in [9.17, 15) is 36.2 Å². The molecule has 0 atom stereocenters. The van der Waals surface area contributed by atoms with E-state index in [1.807, 2.05) is 0 Å². The molecule has 0 saturated heterocycles. The summed E-state index contributed by atoms with van der Waals surface area (Å²) in [4.78, 5) is 12.8. The van der Waals surface area contributed by atoms with Gasteiger partial charge in [0.05, 0.1) is 0 Å². The predicted octanol–water partition coefficient (Wildman–Crippen LogP) is 3.29. The fourth-order valence-electron chi connectivity index (χ4n) is 1.98. The zero-order valence-electron chi connectivity index (χ0n) is 10.0. The second-order valence-electron chi connectivity index (χ2n) is 4.33. The number of halogens is 6. The van der Waals surface area contributed by atoms with E-state index in [1.165, 1.54) is 6.07 Å². The van der Waals surface area contributed by atoms with E-state index in [1.54, 1.807) is 0 Å². The molecular weight excluding hydrogens is 304 g/mol. The van der Waals surface area contributed by atoms with Crippen molar-refractivity contribution in [3.63, 3.8) is 0 Å². The molecule has 0 aliphatic carbocycles. The maximum Gasteiger partial charge on any atom is 0.430 e. The van der Waals surface area contributed by atoms with Crippen LogP contribution in [0.4, 0.5) is 26.3 Å². The van der Waals surface area contributed by atoms with Crippen LogP contribution in [0.3, 0.4) is 0 Å². The Labute approximate surface area is 113 Å². The third-order valence-corrected chi connectivity index (χ3v) is 3.05. The molecule has 0 unspecified atom stereocenters. The fraction of sp³-hybridized carbons (Fsp3) is 0.250. The lowest BCUT2D eigenvalue weighted by atomic mass is 9.91. The van der Waals surface area contributed by atoms with Gasteiger partial charge in [-0.15, -0.1) is 0 Å². The number of hydrogen-bond donors (Lipinski definition) is 2. The quantitative estimate of drug-likeness (QED) is 0.660. The molecule has 3 nitrogen and oxygen atoms in total. The van der Waals surface area contributed by atoms with Gasteiger partial charge in [-0.05, 0) is 18.2 Å². The zero-order chi connectivity index (χ0) is 16.1. The van der Waals surface area contributed by atoms with Crippen LogP contribution in [0.2, 0.25) is 0 Å². The normalized spacial score (nSPS) is 13.7. The summed E-state index contributed by atoms with van der Waals surface area (Å²) in [5.74, 6) is 0. The molecule has 0 aliphatic heterocycles. The minimum absolute atomic E-state index is 0.0671. The van der Waals surface area contributed by atoms with E-state index < -0.39 is 28.9 Å². The van der Waals surface area contributed by atoms with Crippen molar-refractivity contribution < 1.29 is 36.2 Å². The van der Waals surface area contributed by atoms with Crippen molar-refractivity contribution in [3.05, 3.63) is 35.5 Å². The number of aromatic nitrogens is 1. The van der Waals surface area contributed by atoms with Crippen LogP contribution in [0.1, 0.15) is 15.9 Å². The highest BCUT2D eigenvalue weighted by atomic mass is 19.4. The second-order valence-corrected chi connectivity index (χ2v) is 4.33. The molecular formula is C12H7F6NO2. The summed E-state index contributed by atoms with van der Waals surface area (Å²) in [6, 6.07) is 3.21. The summed E-state index contributed by atoms with van der Waals surface area (Å²) in [5.41, 5.74) is -6.61. The Bertz CT molecular complexity index is 671. The van der Waals surface area contributed by atoms with Crippen LogP contribution in [0.15, 0.2) is 24.4 Å². The van der Waals surface area contributed by atoms with Gasteiger partial charge in [0.1, 0.15) is 6.29 Å². The Morgan fingerprint density at radius 1 is 1.05 bits per heavy atom. The standard InChI is InChI=1S/C12H7F6NO2/c13-11(14,15)10(21,12(16,17)18)8-4-19-9-2-1-6(5-20)3-7(8)9/h1-5,19,21H. The lowest BCUT2D eigenvalue weighted by Gasteiger charge is -2.32. The molecule has 9 heteroatoms. The van der Waals surface area contributed by atoms with Crippen LogP contribution < -0.4 is 0 Å². The van der Waals surface area contributed by atoms with E-state index in [2.05, 4.69) is 4.98 Å². The molecule has 114 valence electrons. The molecule has 0 saturated carbocycles. The number of rotatable bonds is 2. The largest absolute Gasteiger partial charge is 0.430 e. The number of aliphatic hydroxyl groups is 1. The first-order valence-corrected chi connectivity index (χ1v) is 5.45. The molecule has 1 aromatic heterocycles. The maximum absolute atomic E-state index is 12.8. The van der Waals surface area contributed by atoms with Crippen molar-refractivity contribution in [2.75, 3.05) is 0 Å². The summed E-state index contributed by atoms with van der Waals surface area (Å²) in [6.07, 6.45) is -11.2. The lowest BCUT2D eigenvalue weighted by Crippen LogP contribution is -2.53. The van der Waals surface area contributed by atoms with E-state index in [0.29, 0.717) is 6.20 Å². The number of aldehydes is 1. The SMILES string of the molecule is O=Cc1ccc2[nH]cc(C(O)(C(F)(F)F)C(F)(F)F)c2c1. The van der Waals surface area contributed by atoms with Gasteiger partial charge in [-0.2, -0.15) is 26.3 Å². The third-order valence-electron chi connectivity index (χ3n) is 3.05. The first-order chi connectivity index (χ1) is 9.52. The van der Waals surface area contributed by atoms with E-state index >= 15 is 0 Å². The topological polar surface area (TPSA) is 53.1 Å². The number of carbonyl (C=O) groups excluding carboxylic acids is 1. The monoisotopic (exact) mass is 311 g/mol. The van der Waals surface area contributed by atoms with Crippen molar-refractivity contribution in [1.82, 2.24) is 4.98 Å². The number of alkyl halides is 6. The molecule has 1 heterocycles. The molecule has 0 fully saturated rings. The Morgan fingerprint density at radius 3 is 2.10 bits per heavy atom. The number of aromatic amines is 1. The van der Waals surface area contributed by atoms with Crippen molar-refractivity contribution in [2.45, 2.75) is 18.0 Å². The van der Waals surface area contributed by atoms with Crippen LogP contribution in [0, 0.1) is 0 Å². The molecule has 21 heavy (non-hydrogen) atoms. The molecule has 0 amide bonds. The number of carbonyl (C=O) groups is 1. The van der Waals surface area contributed by atoms with E-state index in [4.69, 9.17) is 0 Å². The van der Waals surface area contributed by atoms with Crippen molar-refractivity contribution in [3.8, 4) is 0 Å². The van der Waals surface area contributed by atoms with Gasteiger partial charge in [0.15, 0.2) is 0 Å². The number of nitrogens with one attached hydrogen (secondary N) is 1. The van der Waals surface area contributed by atoms with Gasteiger partial charge in [-0.25, -0.2) is 0 Å². The van der Waals surface area contributed by atoms with Crippen molar-refractivity contribution in [2.24, 2.45) is 0 Å². The molecule has 0 bridgehead atoms. The molecule has 2 rings (SSSR count). The molecule has 2 aromatic rings. The predicted molar refractivity (Wildman–Crippen MR) is 59.7 cm³/mol. The Kier molecular flexibility index (Phi) is 3.28. The summed E-state index contributed by atoms with van der Waals surface area (Å²) in [5, 5.41) is 8.82. The first-order valence-electron chi connectivity index (χ1n) is 5.45. The van der Waals surface area contributed by atoms with Gasteiger partial charge in [0.2, 0.25) is 0 Å². The molecule has 0 aliphatic rings. The summed E-state index contributed by atoms with van der Waals surface area (Å²) in [6.45, 7) is 0. The van der Waals surface area contributed by atoms with Crippen LogP contribution >= 0.6 is 0 Å². The second kappa shape index (κ2) is 4.48. The lowest BCUT2D eigenvalue weighted by molar-refractivity contribution is -0.375. The number of fused-ring (bicyclic) bond motifs is 1.